The molecule has 3 nitrogen and oxygen atoms in total. The molecule has 0 aliphatic carbocycles. The molecule has 0 aliphatic heterocycles. The summed E-state index contributed by atoms with van der Waals surface area (Å²) in [5.41, 5.74) is 0. The third kappa shape index (κ3) is 11.9. The molecule has 0 aromatic rings. The Morgan fingerprint density at radius 1 is 1.08 bits per heavy atom. The highest BCUT2D eigenvalue weighted by Crippen LogP contribution is 1.95. The second-order valence-corrected chi connectivity index (χ2v) is 3.11. The Kier molecular flexibility index (Phi) is 14.0. The average Bonchev–Trinajstić information content (AvgIpc) is 2.09. The van der Waals surface area contributed by atoms with E-state index in [1.165, 1.54) is 6.42 Å². The van der Waals surface area contributed by atoms with Gasteiger partial charge in [-0.25, -0.2) is 0 Å². The minimum absolute atomic E-state index is 0. The SMILES string of the molecule is CCCCOCC(C)OCCC.N. The maximum atomic E-state index is 5.45. The van der Waals surface area contributed by atoms with Crippen LogP contribution in [-0.2, 0) is 9.47 Å². The third-order valence-electron chi connectivity index (χ3n) is 1.60. The van der Waals surface area contributed by atoms with Crippen molar-refractivity contribution in [2.45, 2.75) is 46.1 Å². The number of ether oxygens (including phenoxy) is 2. The Bertz CT molecular complexity index is 89.0. The summed E-state index contributed by atoms with van der Waals surface area (Å²) in [6.45, 7) is 8.79. The lowest BCUT2D eigenvalue weighted by molar-refractivity contribution is -0.00690. The fourth-order valence-electron chi connectivity index (χ4n) is 0.863. The Morgan fingerprint density at radius 2 is 1.77 bits per heavy atom. The molecule has 0 heterocycles. The molecule has 0 radical (unpaired) electrons. The zero-order valence-corrected chi connectivity index (χ0v) is 9.34. The van der Waals surface area contributed by atoms with Crippen LogP contribution in [0.15, 0.2) is 0 Å². The molecule has 82 valence electrons. The van der Waals surface area contributed by atoms with Crippen LogP contribution in [0.4, 0.5) is 0 Å². The van der Waals surface area contributed by atoms with Gasteiger partial charge in [0, 0.05) is 13.2 Å². The van der Waals surface area contributed by atoms with Gasteiger partial charge in [0.1, 0.15) is 0 Å². The lowest BCUT2D eigenvalue weighted by Gasteiger charge is -2.12. The van der Waals surface area contributed by atoms with Crippen LogP contribution < -0.4 is 6.15 Å². The fourth-order valence-corrected chi connectivity index (χ4v) is 0.863. The Morgan fingerprint density at radius 3 is 2.31 bits per heavy atom. The van der Waals surface area contributed by atoms with E-state index in [-0.39, 0.29) is 12.3 Å². The summed E-state index contributed by atoms with van der Waals surface area (Å²) in [5.74, 6) is 0. The predicted molar refractivity (Wildman–Crippen MR) is 56.5 cm³/mol. The molecule has 0 aliphatic rings. The highest BCUT2D eigenvalue weighted by atomic mass is 16.5. The molecule has 0 amide bonds. The summed E-state index contributed by atoms with van der Waals surface area (Å²) in [4.78, 5) is 0. The van der Waals surface area contributed by atoms with E-state index in [1.807, 2.05) is 0 Å². The van der Waals surface area contributed by atoms with Crippen LogP contribution in [-0.4, -0.2) is 25.9 Å². The zero-order chi connectivity index (χ0) is 9.23. The van der Waals surface area contributed by atoms with Gasteiger partial charge in [-0.3, -0.25) is 0 Å². The molecule has 0 spiro atoms. The summed E-state index contributed by atoms with van der Waals surface area (Å²) >= 11 is 0. The van der Waals surface area contributed by atoms with Gasteiger partial charge in [0.25, 0.3) is 0 Å². The minimum Gasteiger partial charge on any atom is -0.379 e. The molecule has 0 saturated carbocycles. The summed E-state index contributed by atoms with van der Waals surface area (Å²) in [6, 6.07) is 0. The van der Waals surface area contributed by atoms with Crippen molar-refractivity contribution in [2.24, 2.45) is 0 Å². The second-order valence-electron chi connectivity index (χ2n) is 3.11. The number of hydrogen-bond acceptors (Lipinski definition) is 3. The van der Waals surface area contributed by atoms with Crippen LogP contribution in [0, 0.1) is 0 Å². The van der Waals surface area contributed by atoms with E-state index >= 15 is 0 Å². The van der Waals surface area contributed by atoms with Gasteiger partial charge in [0.15, 0.2) is 0 Å². The first kappa shape index (κ1) is 15.4. The Balaban J connectivity index is 0. The molecule has 0 rings (SSSR count). The van der Waals surface area contributed by atoms with Crippen molar-refractivity contribution in [3.63, 3.8) is 0 Å². The number of rotatable bonds is 8. The second kappa shape index (κ2) is 11.9. The third-order valence-corrected chi connectivity index (χ3v) is 1.60. The van der Waals surface area contributed by atoms with Gasteiger partial charge in [0.2, 0.25) is 0 Å². The van der Waals surface area contributed by atoms with Crippen LogP contribution >= 0.6 is 0 Å². The summed E-state index contributed by atoms with van der Waals surface area (Å²) in [5, 5.41) is 0. The van der Waals surface area contributed by atoms with Crippen molar-refractivity contribution >= 4 is 0 Å². The van der Waals surface area contributed by atoms with E-state index in [0.717, 1.165) is 32.7 Å². The van der Waals surface area contributed by atoms with E-state index in [9.17, 15) is 0 Å². The van der Waals surface area contributed by atoms with Crippen LogP contribution in [0.1, 0.15) is 40.0 Å². The molecule has 3 N–H and O–H groups in total. The highest BCUT2D eigenvalue weighted by Gasteiger charge is 1.99. The topological polar surface area (TPSA) is 53.5 Å². The molecule has 0 bridgehead atoms. The van der Waals surface area contributed by atoms with E-state index in [1.54, 1.807) is 0 Å². The molecule has 13 heavy (non-hydrogen) atoms. The van der Waals surface area contributed by atoms with Gasteiger partial charge >= 0.3 is 0 Å². The van der Waals surface area contributed by atoms with Crippen molar-refractivity contribution in [2.75, 3.05) is 19.8 Å². The average molecular weight is 191 g/mol. The molecule has 1 unspecified atom stereocenters. The van der Waals surface area contributed by atoms with Gasteiger partial charge in [-0.15, -0.1) is 0 Å². The first-order chi connectivity index (χ1) is 5.81. The van der Waals surface area contributed by atoms with Crippen LogP contribution in [0.3, 0.4) is 0 Å². The summed E-state index contributed by atoms with van der Waals surface area (Å²) in [7, 11) is 0. The predicted octanol–water partition coefficient (Wildman–Crippen LogP) is 2.78. The maximum Gasteiger partial charge on any atom is 0.0780 e. The molecule has 1 atom stereocenters. The van der Waals surface area contributed by atoms with E-state index in [4.69, 9.17) is 9.47 Å². The summed E-state index contributed by atoms with van der Waals surface area (Å²) in [6.07, 6.45) is 3.69. The molecular formula is C10H25NO2. The zero-order valence-electron chi connectivity index (χ0n) is 9.34. The Hall–Kier alpha value is -0.120. The van der Waals surface area contributed by atoms with Crippen molar-refractivity contribution in [3.8, 4) is 0 Å². The van der Waals surface area contributed by atoms with Crippen LogP contribution in [0.25, 0.3) is 0 Å². The molecule has 0 aromatic heterocycles. The maximum absolute atomic E-state index is 5.45. The van der Waals surface area contributed by atoms with Gasteiger partial charge in [-0.05, 0) is 19.8 Å². The normalized spacial score (nSPS) is 12.2. The monoisotopic (exact) mass is 191 g/mol. The Labute approximate surface area is 82.4 Å². The molecule has 0 saturated heterocycles. The number of hydrogen-bond donors (Lipinski definition) is 1. The lowest BCUT2D eigenvalue weighted by Crippen LogP contribution is -2.16. The highest BCUT2D eigenvalue weighted by molar-refractivity contribution is 4.46. The molecule has 0 aromatic carbocycles. The quantitative estimate of drug-likeness (QED) is 0.600. The van der Waals surface area contributed by atoms with Crippen molar-refractivity contribution in [1.82, 2.24) is 6.15 Å². The van der Waals surface area contributed by atoms with Crippen molar-refractivity contribution in [1.29, 1.82) is 0 Å². The standard InChI is InChI=1S/C10H22O2.H3N/c1-4-6-8-11-9-10(3)12-7-5-2;/h10H,4-9H2,1-3H3;1H3. The number of unbranched alkanes of at least 4 members (excludes halogenated alkanes) is 1. The van der Waals surface area contributed by atoms with Gasteiger partial charge in [-0.2, -0.15) is 0 Å². The lowest BCUT2D eigenvalue weighted by atomic mass is 10.3. The van der Waals surface area contributed by atoms with Gasteiger partial charge < -0.3 is 15.6 Å². The first-order valence-electron chi connectivity index (χ1n) is 5.00. The largest absolute Gasteiger partial charge is 0.379 e. The van der Waals surface area contributed by atoms with Gasteiger partial charge in [0.05, 0.1) is 12.7 Å². The molecule has 3 heteroatoms. The van der Waals surface area contributed by atoms with Gasteiger partial charge in [-0.1, -0.05) is 20.3 Å². The smallest absolute Gasteiger partial charge is 0.0780 e. The van der Waals surface area contributed by atoms with E-state index in [0.29, 0.717) is 0 Å². The van der Waals surface area contributed by atoms with E-state index < -0.39 is 0 Å². The summed E-state index contributed by atoms with van der Waals surface area (Å²) < 4.78 is 10.9. The molecule has 0 fully saturated rings. The fraction of sp³-hybridized carbons (Fsp3) is 1.00. The van der Waals surface area contributed by atoms with Crippen LogP contribution in [0.2, 0.25) is 0 Å². The van der Waals surface area contributed by atoms with Crippen LogP contribution in [0.5, 0.6) is 0 Å². The van der Waals surface area contributed by atoms with Crippen molar-refractivity contribution < 1.29 is 9.47 Å². The molecular weight excluding hydrogens is 166 g/mol. The van der Waals surface area contributed by atoms with Crippen molar-refractivity contribution in [3.05, 3.63) is 0 Å². The first-order valence-corrected chi connectivity index (χ1v) is 5.00. The van der Waals surface area contributed by atoms with E-state index in [2.05, 4.69) is 20.8 Å². The minimum atomic E-state index is 0.